The monoisotopic (exact) mass is 285 g/mol. The van der Waals surface area contributed by atoms with Crippen LogP contribution in [-0.2, 0) is 6.54 Å². The van der Waals surface area contributed by atoms with Crippen LogP contribution in [0.25, 0.3) is 0 Å². The van der Waals surface area contributed by atoms with Gasteiger partial charge in [0.05, 0.1) is 7.11 Å². The summed E-state index contributed by atoms with van der Waals surface area (Å²) in [5.41, 5.74) is 1.05. The molecule has 1 saturated heterocycles. The summed E-state index contributed by atoms with van der Waals surface area (Å²) in [7, 11) is 1.46. The number of likely N-dealkylation sites (tertiary alicyclic amines) is 1. The van der Waals surface area contributed by atoms with Gasteiger partial charge in [-0.25, -0.2) is 0 Å². The van der Waals surface area contributed by atoms with Crippen molar-refractivity contribution in [1.29, 1.82) is 0 Å². The molecule has 1 aromatic rings. The number of hydrogen-bond acceptors (Lipinski definition) is 3. The maximum Gasteiger partial charge on any atom is 0.387 e. The fourth-order valence-corrected chi connectivity index (χ4v) is 2.63. The highest BCUT2D eigenvalue weighted by Gasteiger charge is 2.19. The van der Waals surface area contributed by atoms with Crippen LogP contribution in [0.5, 0.6) is 11.5 Å². The molecule has 2 rings (SSSR count). The van der Waals surface area contributed by atoms with Crippen LogP contribution in [0.2, 0.25) is 0 Å². The molecule has 0 bridgehead atoms. The van der Waals surface area contributed by atoms with E-state index in [0.29, 0.717) is 11.8 Å². The van der Waals surface area contributed by atoms with Crippen LogP contribution < -0.4 is 9.47 Å². The Balaban J connectivity index is 2.08. The molecule has 0 unspecified atom stereocenters. The average molecular weight is 285 g/mol. The van der Waals surface area contributed by atoms with Gasteiger partial charge in [-0.1, -0.05) is 12.5 Å². The average Bonchev–Trinajstić information content (AvgIpc) is 2.42. The van der Waals surface area contributed by atoms with Crippen LogP contribution >= 0.6 is 0 Å². The molecule has 1 fully saturated rings. The van der Waals surface area contributed by atoms with Gasteiger partial charge in [-0.15, -0.1) is 0 Å². The lowest BCUT2D eigenvalue weighted by molar-refractivity contribution is -0.0512. The number of hydrogen-bond donors (Lipinski definition) is 0. The van der Waals surface area contributed by atoms with Crippen LogP contribution in [0.1, 0.15) is 31.7 Å². The minimum atomic E-state index is -2.84. The first-order valence-electron chi connectivity index (χ1n) is 6.96. The van der Waals surface area contributed by atoms with Crippen molar-refractivity contribution >= 4 is 0 Å². The van der Waals surface area contributed by atoms with E-state index < -0.39 is 6.61 Å². The molecule has 112 valence electrons. The molecule has 0 N–H and O–H groups in total. The molecule has 0 aromatic heterocycles. The number of halogens is 2. The van der Waals surface area contributed by atoms with Gasteiger partial charge in [0.25, 0.3) is 0 Å². The Labute approximate surface area is 118 Å². The van der Waals surface area contributed by atoms with Crippen LogP contribution in [0.15, 0.2) is 18.2 Å². The van der Waals surface area contributed by atoms with Crippen molar-refractivity contribution in [3.05, 3.63) is 23.8 Å². The highest BCUT2D eigenvalue weighted by Crippen LogP contribution is 2.30. The molecular formula is C15H21F2NO2. The fraction of sp³-hybridized carbons (Fsp3) is 0.600. The molecule has 1 aromatic carbocycles. The quantitative estimate of drug-likeness (QED) is 0.824. The van der Waals surface area contributed by atoms with E-state index in [0.717, 1.165) is 18.7 Å². The molecule has 20 heavy (non-hydrogen) atoms. The summed E-state index contributed by atoms with van der Waals surface area (Å²) >= 11 is 0. The van der Waals surface area contributed by atoms with E-state index in [9.17, 15) is 8.78 Å². The molecule has 1 atom stereocenters. The molecule has 3 nitrogen and oxygen atoms in total. The molecule has 0 radical (unpaired) electrons. The summed E-state index contributed by atoms with van der Waals surface area (Å²) in [6.45, 7) is 1.28. The number of nitrogens with zero attached hydrogens (tertiary/aromatic N) is 1. The van der Waals surface area contributed by atoms with E-state index in [-0.39, 0.29) is 5.75 Å². The Hall–Kier alpha value is -1.36. The second-order valence-corrected chi connectivity index (χ2v) is 5.18. The third-order valence-electron chi connectivity index (χ3n) is 3.77. The molecular weight excluding hydrogens is 264 g/mol. The van der Waals surface area contributed by atoms with Crippen molar-refractivity contribution < 1.29 is 18.3 Å². The number of benzene rings is 1. The van der Waals surface area contributed by atoms with Crippen molar-refractivity contribution in [2.24, 2.45) is 0 Å². The van der Waals surface area contributed by atoms with Gasteiger partial charge < -0.3 is 9.47 Å². The summed E-state index contributed by atoms with van der Waals surface area (Å²) in [5.74, 6) is 0.436. The van der Waals surface area contributed by atoms with Crippen molar-refractivity contribution in [2.75, 3.05) is 13.7 Å². The molecule has 0 saturated carbocycles. The van der Waals surface area contributed by atoms with Gasteiger partial charge in [-0.05, 0) is 44.0 Å². The number of ether oxygens (including phenoxy) is 2. The van der Waals surface area contributed by atoms with Crippen LogP contribution in [0.4, 0.5) is 8.78 Å². The van der Waals surface area contributed by atoms with E-state index in [1.54, 1.807) is 12.1 Å². The molecule has 0 amide bonds. The lowest BCUT2D eigenvalue weighted by Crippen LogP contribution is -2.36. The minimum absolute atomic E-state index is 0.0814. The Bertz CT molecular complexity index is 440. The highest BCUT2D eigenvalue weighted by molar-refractivity contribution is 5.43. The predicted molar refractivity (Wildman–Crippen MR) is 73.3 cm³/mol. The maximum absolute atomic E-state index is 12.3. The van der Waals surface area contributed by atoms with Crippen molar-refractivity contribution in [3.63, 3.8) is 0 Å². The van der Waals surface area contributed by atoms with Crippen LogP contribution in [-0.4, -0.2) is 31.2 Å². The topological polar surface area (TPSA) is 21.7 Å². The maximum atomic E-state index is 12.3. The van der Waals surface area contributed by atoms with E-state index in [2.05, 4.69) is 16.6 Å². The number of methoxy groups -OCH3 is 1. The zero-order valence-electron chi connectivity index (χ0n) is 11.9. The predicted octanol–water partition coefficient (Wildman–Crippen LogP) is 3.67. The fourth-order valence-electron chi connectivity index (χ4n) is 2.63. The Morgan fingerprint density at radius 1 is 1.30 bits per heavy atom. The van der Waals surface area contributed by atoms with E-state index in [4.69, 9.17) is 4.74 Å². The SMILES string of the molecule is COc1cc(CN2CCCC[C@H]2C)ccc1OC(F)F. The normalized spacial score (nSPS) is 20.1. The smallest absolute Gasteiger partial charge is 0.387 e. The highest BCUT2D eigenvalue weighted by atomic mass is 19.3. The zero-order chi connectivity index (χ0) is 14.5. The molecule has 0 aliphatic carbocycles. The van der Waals surface area contributed by atoms with Crippen molar-refractivity contribution in [1.82, 2.24) is 4.90 Å². The zero-order valence-corrected chi connectivity index (χ0v) is 11.9. The minimum Gasteiger partial charge on any atom is -0.493 e. The van der Waals surface area contributed by atoms with Gasteiger partial charge in [0, 0.05) is 12.6 Å². The Kier molecular flexibility index (Phi) is 5.17. The second-order valence-electron chi connectivity index (χ2n) is 5.18. The van der Waals surface area contributed by atoms with Crippen molar-refractivity contribution in [3.8, 4) is 11.5 Å². The number of rotatable bonds is 5. The Morgan fingerprint density at radius 3 is 2.75 bits per heavy atom. The van der Waals surface area contributed by atoms with Gasteiger partial charge in [-0.2, -0.15) is 8.78 Å². The molecule has 1 heterocycles. The van der Waals surface area contributed by atoms with Crippen molar-refractivity contribution in [2.45, 2.75) is 45.4 Å². The summed E-state index contributed by atoms with van der Waals surface area (Å²) in [5, 5.41) is 0. The first kappa shape index (κ1) is 15.0. The van der Waals surface area contributed by atoms with Gasteiger partial charge in [0.2, 0.25) is 0 Å². The van der Waals surface area contributed by atoms with Gasteiger partial charge in [0.1, 0.15) is 0 Å². The summed E-state index contributed by atoms with van der Waals surface area (Å²) < 4.78 is 34.1. The molecule has 5 heteroatoms. The number of piperidine rings is 1. The third kappa shape index (κ3) is 3.82. The first-order valence-corrected chi connectivity index (χ1v) is 6.96. The van der Waals surface area contributed by atoms with Gasteiger partial charge in [-0.3, -0.25) is 4.90 Å². The lowest BCUT2D eigenvalue weighted by Gasteiger charge is -2.33. The molecule has 0 spiro atoms. The second kappa shape index (κ2) is 6.88. The summed E-state index contributed by atoms with van der Waals surface area (Å²) in [4.78, 5) is 2.41. The largest absolute Gasteiger partial charge is 0.493 e. The van der Waals surface area contributed by atoms with Crippen LogP contribution in [0, 0.1) is 0 Å². The Morgan fingerprint density at radius 2 is 2.10 bits per heavy atom. The lowest BCUT2D eigenvalue weighted by atomic mass is 10.0. The summed E-state index contributed by atoms with van der Waals surface area (Å²) in [6, 6.07) is 5.71. The molecule has 1 aliphatic rings. The van der Waals surface area contributed by atoms with Gasteiger partial charge in [0.15, 0.2) is 11.5 Å². The van der Waals surface area contributed by atoms with E-state index in [1.807, 2.05) is 6.07 Å². The third-order valence-corrected chi connectivity index (χ3v) is 3.77. The first-order chi connectivity index (χ1) is 9.60. The summed E-state index contributed by atoms with van der Waals surface area (Å²) in [6.07, 6.45) is 3.71. The molecule has 1 aliphatic heterocycles. The van der Waals surface area contributed by atoms with Gasteiger partial charge >= 0.3 is 6.61 Å². The number of alkyl halides is 2. The standard InChI is InChI=1S/C15H21F2NO2/c1-11-5-3-4-8-18(11)10-12-6-7-13(20-15(16)17)14(9-12)19-2/h6-7,9,11,15H,3-5,8,10H2,1-2H3/t11-/m1/s1. The van der Waals surface area contributed by atoms with E-state index in [1.165, 1.54) is 26.4 Å². The van der Waals surface area contributed by atoms with Crippen LogP contribution in [0.3, 0.4) is 0 Å². The van der Waals surface area contributed by atoms with E-state index >= 15 is 0 Å².